The molecule has 3 nitrogen and oxygen atoms in total. The van der Waals surface area contributed by atoms with Crippen LogP contribution < -0.4 is 10.1 Å². The Hall–Kier alpha value is -1.06. The van der Waals surface area contributed by atoms with Gasteiger partial charge >= 0.3 is 0 Å². The minimum Gasteiger partial charge on any atom is -0.494 e. The Kier molecular flexibility index (Phi) is 6.52. The largest absolute Gasteiger partial charge is 0.494 e. The molecule has 2 rings (SSSR count). The van der Waals surface area contributed by atoms with Crippen molar-refractivity contribution in [3.05, 3.63) is 28.8 Å². The van der Waals surface area contributed by atoms with Crippen molar-refractivity contribution >= 4 is 0 Å². The van der Waals surface area contributed by atoms with E-state index in [2.05, 4.69) is 36.2 Å². The van der Waals surface area contributed by atoms with Gasteiger partial charge in [0.05, 0.1) is 6.61 Å². The molecular formula is C18H30N2O. The topological polar surface area (TPSA) is 24.5 Å². The Balaban J connectivity index is 1.78. The molecule has 0 saturated carbocycles. The van der Waals surface area contributed by atoms with Gasteiger partial charge in [0.1, 0.15) is 5.75 Å². The van der Waals surface area contributed by atoms with Gasteiger partial charge in [-0.05, 0) is 69.3 Å². The lowest BCUT2D eigenvalue weighted by Crippen LogP contribution is -2.43. The number of aryl methyl sites for hydroxylation is 3. The summed E-state index contributed by atoms with van der Waals surface area (Å²) in [5.74, 6) is 1.04. The van der Waals surface area contributed by atoms with Crippen molar-refractivity contribution in [1.29, 1.82) is 0 Å². The Morgan fingerprint density at radius 2 is 1.86 bits per heavy atom. The highest BCUT2D eigenvalue weighted by atomic mass is 16.5. The molecule has 0 spiro atoms. The quantitative estimate of drug-likeness (QED) is 0.782. The highest BCUT2D eigenvalue weighted by molar-refractivity contribution is 5.41. The van der Waals surface area contributed by atoms with E-state index < -0.39 is 0 Å². The van der Waals surface area contributed by atoms with Gasteiger partial charge in [-0.1, -0.05) is 6.07 Å². The van der Waals surface area contributed by atoms with Crippen LogP contribution in [0.1, 0.15) is 36.5 Å². The summed E-state index contributed by atoms with van der Waals surface area (Å²) in [7, 11) is 0. The number of benzene rings is 1. The molecule has 0 bridgehead atoms. The first kappa shape index (κ1) is 16.3. The number of ether oxygens (including phenoxy) is 1. The number of hydrogen-bond acceptors (Lipinski definition) is 3. The monoisotopic (exact) mass is 290 g/mol. The van der Waals surface area contributed by atoms with Crippen LogP contribution in [0.3, 0.4) is 0 Å². The second-order valence-corrected chi connectivity index (χ2v) is 6.03. The summed E-state index contributed by atoms with van der Waals surface area (Å²) >= 11 is 0. The summed E-state index contributed by atoms with van der Waals surface area (Å²) in [4.78, 5) is 2.58. The van der Waals surface area contributed by atoms with E-state index >= 15 is 0 Å². The molecule has 0 radical (unpaired) electrons. The van der Waals surface area contributed by atoms with Gasteiger partial charge in [-0.3, -0.25) is 0 Å². The van der Waals surface area contributed by atoms with Gasteiger partial charge < -0.3 is 15.0 Å². The van der Waals surface area contributed by atoms with Crippen LogP contribution in [0.25, 0.3) is 0 Å². The predicted octanol–water partition coefficient (Wildman–Crippen LogP) is 2.93. The fraction of sp³-hybridized carbons (Fsp3) is 0.667. The van der Waals surface area contributed by atoms with Crippen LogP contribution >= 0.6 is 0 Å². The number of piperazine rings is 1. The van der Waals surface area contributed by atoms with Crippen molar-refractivity contribution in [1.82, 2.24) is 10.2 Å². The smallest absolute Gasteiger partial charge is 0.122 e. The third kappa shape index (κ3) is 5.01. The molecule has 1 N–H and O–H groups in total. The number of rotatable bonds is 7. The molecule has 1 aliphatic rings. The van der Waals surface area contributed by atoms with Crippen LogP contribution in [0.4, 0.5) is 0 Å². The lowest BCUT2D eigenvalue weighted by molar-refractivity contribution is 0.237. The van der Waals surface area contributed by atoms with E-state index in [0.717, 1.165) is 25.4 Å². The van der Waals surface area contributed by atoms with Gasteiger partial charge in [0.15, 0.2) is 0 Å². The molecule has 0 aromatic heterocycles. The van der Waals surface area contributed by atoms with E-state index in [0.29, 0.717) is 0 Å². The minimum absolute atomic E-state index is 0.740. The molecule has 1 heterocycles. The molecule has 21 heavy (non-hydrogen) atoms. The van der Waals surface area contributed by atoms with Crippen LogP contribution in [0.15, 0.2) is 12.1 Å². The molecule has 1 aromatic carbocycles. The van der Waals surface area contributed by atoms with E-state index in [1.807, 2.05) is 6.92 Å². The van der Waals surface area contributed by atoms with Crippen LogP contribution in [0.5, 0.6) is 5.75 Å². The first-order chi connectivity index (χ1) is 10.2. The summed E-state index contributed by atoms with van der Waals surface area (Å²) in [5.41, 5.74) is 4.11. The first-order valence-electron chi connectivity index (χ1n) is 8.36. The Morgan fingerprint density at radius 1 is 1.10 bits per heavy atom. The van der Waals surface area contributed by atoms with Gasteiger partial charge in [-0.25, -0.2) is 0 Å². The van der Waals surface area contributed by atoms with E-state index in [9.17, 15) is 0 Å². The lowest BCUT2D eigenvalue weighted by atomic mass is 9.99. The van der Waals surface area contributed by atoms with Crippen LogP contribution in [-0.4, -0.2) is 44.2 Å². The van der Waals surface area contributed by atoms with E-state index in [-0.39, 0.29) is 0 Å². The van der Waals surface area contributed by atoms with Crippen molar-refractivity contribution in [2.75, 3.05) is 39.3 Å². The second-order valence-electron chi connectivity index (χ2n) is 6.03. The van der Waals surface area contributed by atoms with Crippen molar-refractivity contribution in [2.45, 2.75) is 40.0 Å². The molecule has 1 fully saturated rings. The molecule has 1 saturated heterocycles. The second kappa shape index (κ2) is 8.40. The number of unbranched alkanes of at least 4 members (excludes halogenated alkanes) is 1. The number of hydrogen-bond donors (Lipinski definition) is 1. The molecule has 118 valence electrons. The van der Waals surface area contributed by atoms with Gasteiger partial charge in [0, 0.05) is 26.2 Å². The molecule has 1 aliphatic heterocycles. The summed E-state index contributed by atoms with van der Waals surface area (Å²) in [6.07, 6.45) is 3.76. The Morgan fingerprint density at radius 3 is 2.57 bits per heavy atom. The van der Waals surface area contributed by atoms with Crippen LogP contribution in [-0.2, 0) is 6.42 Å². The number of nitrogens with one attached hydrogen (secondary N) is 1. The standard InChI is InChI=1S/C18H30N2O/c1-4-21-18-14-15(2)17(13-16(18)3)7-5-6-10-20-11-8-19-9-12-20/h13-14,19H,4-12H2,1-3H3. The maximum absolute atomic E-state index is 5.66. The van der Waals surface area contributed by atoms with Crippen molar-refractivity contribution in [2.24, 2.45) is 0 Å². The van der Waals surface area contributed by atoms with Crippen molar-refractivity contribution in [3.8, 4) is 5.75 Å². The SMILES string of the molecule is CCOc1cc(C)c(CCCCN2CCNCC2)cc1C. The van der Waals surface area contributed by atoms with E-state index in [4.69, 9.17) is 4.74 Å². The zero-order valence-corrected chi connectivity index (χ0v) is 13.9. The molecule has 0 atom stereocenters. The molecule has 3 heteroatoms. The molecular weight excluding hydrogens is 260 g/mol. The Labute approximate surface area is 129 Å². The fourth-order valence-corrected chi connectivity index (χ4v) is 3.02. The van der Waals surface area contributed by atoms with Gasteiger partial charge in [-0.2, -0.15) is 0 Å². The minimum atomic E-state index is 0.740. The van der Waals surface area contributed by atoms with Crippen LogP contribution in [0, 0.1) is 13.8 Å². The highest BCUT2D eigenvalue weighted by Crippen LogP contribution is 2.24. The average Bonchev–Trinajstić information content (AvgIpc) is 2.49. The molecule has 1 aromatic rings. The normalized spacial score (nSPS) is 16.1. The average molecular weight is 290 g/mol. The van der Waals surface area contributed by atoms with Crippen molar-refractivity contribution < 1.29 is 4.74 Å². The third-order valence-electron chi connectivity index (χ3n) is 4.31. The van der Waals surface area contributed by atoms with Crippen LogP contribution in [0.2, 0.25) is 0 Å². The lowest BCUT2D eigenvalue weighted by Gasteiger charge is -2.27. The maximum atomic E-state index is 5.66. The van der Waals surface area contributed by atoms with Gasteiger partial charge in [0.2, 0.25) is 0 Å². The Bertz CT molecular complexity index is 439. The summed E-state index contributed by atoms with van der Waals surface area (Å²) in [6, 6.07) is 4.51. The van der Waals surface area contributed by atoms with Gasteiger partial charge in [0.25, 0.3) is 0 Å². The fourth-order valence-electron chi connectivity index (χ4n) is 3.02. The predicted molar refractivity (Wildman–Crippen MR) is 89.3 cm³/mol. The van der Waals surface area contributed by atoms with Crippen molar-refractivity contribution in [3.63, 3.8) is 0 Å². The summed E-state index contributed by atoms with van der Waals surface area (Å²) in [5, 5.41) is 3.41. The number of nitrogens with zero attached hydrogens (tertiary/aromatic N) is 1. The summed E-state index contributed by atoms with van der Waals surface area (Å²) < 4.78 is 5.66. The van der Waals surface area contributed by atoms with E-state index in [1.54, 1.807) is 0 Å². The first-order valence-corrected chi connectivity index (χ1v) is 8.36. The summed E-state index contributed by atoms with van der Waals surface area (Å²) in [6.45, 7) is 13.1. The molecule has 0 unspecified atom stereocenters. The maximum Gasteiger partial charge on any atom is 0.122 e. The van der Waals surface area contributed by atoms with E-state index in [1.165, 1.54) is 55.6 Å². The third-order valence-corrected chi connectivity index (χ3v) is 4.31. The molecule has 0 amide bonds. The highest BCUT2D eigenvalue weighted by Gasteiger charge is 2.09. The zero-order valence-electron chi connectivity index (χ0n) is 13.9. The van der Waals surface area contributed by atoms with Gasteiger partial charge in [-0.15, -0.1) is 0 Å². The zero-order chi connectivity index (χ0) is 15.1. The molecule has 0 aliphatic carbocycles.